The second-order valence-corrected chi connectivity index (χ2v) is 5.03. The predicted octanol–water partition coefficient (Wildman–Crippen LogP) is 3.33. The van der Waals surface area contributed by atoms with E-state index in [4.69, 9.17) is 0 Å². The van der Waals surface area contributed by atoms with E-state index in [9.17, 15) is 4.79 Å². The number of benzene rings is 1. The summed E-state index contributed by atoms with van der Waals surface area (Å²) in [4.78, 5) is 12.3. The summed E-state index contributed by atoms with van der Waals surface area (Å²) in [5.41, 5.74) is 2.83. The number of hydrogen-bond donors (Lipinski definition) is 1. The van der Waals surface area contributed by atoms with Gasteiger partial charge in [0.05, 0.1) is 6.20 Å². The molecule has 0 aliphatic heterocycles. The quantitative estimate of drug-likeness (QED) is 0.916. The van der Waals surface area contributed by atoms with E-state index in [0.717, 1.165) is 16.9 Å². The van der Waals surface area contributed by atoms with Gasteiger partial charge in [0.1, 0.15) is 5.82 Å². The Labute approximate surface area is 113 Å². The van der Waals surface area contributed by atoms with Gasteiger partial charge in [0.15, 0.2) is 0 Å². The van der Waals surface area contributed by atoms with Gasteiger partial charge < -0.3 is 5.32 Å². The molecular formula is C15H19N3O. The van der Waals surface area contributed by atoms with Gasteiger partial charge in [-0.2, -0.15) is 5.10 Å². The van der Waals surface area contributed by atoms with Crippen molar-refractivity contribution in [3.05, 3.63) is 47.2 Å². The lowest BCUT2D eigenvalue weighted by atomic mass is 10.1. The standard InChI is InChI=1S/C15H19N3O/c1-10(2)18-14(7-8-16-18)17-15(19)13-6-5-11(3)9-12(13)4/h5-10H,1-4H3,(H,17,19). The maximum absolute atomic E-state index is 12.3. The predicted molar refractivity (Wildman–Crippen MR) is 76.5 cm³/mol. The molecule has 1 aromatic carbocycles. The zero-order valence-electron chi connectivity index (χ0n) is 11.8. The van der Waals surface area contributed by atoms with Crippen molar-refractivity contribution in [2.75, 3.05) is 5.32 Å². The molecule has 100 valence electrons. The highest BCUT2D eigenvalue weighted by atomic mass is 16.1. The van der Waals surface area contributed by atoms with Gasteiger partial charge in [-0.3, -0.25) is 4.79 Å². The van der Waals surface area contributed by atoms with Crippen LogP contribution in [0.4, 0.5) is 5.82 Å². The third-order valence-corrected chi connectivity index (χ3v) is 3.03. The smallest absolute Gasteiger partial charge is 0.257 e. The Kier molecular flexibility index (Phi) is 3.69. The van der Waals surface area contributed by atoms with Crippen molar-refractivity contribution in [1.82, 2.24) is 9.78 Å². The number of aromatic nitrogens is 2. The van der Waals surface area contributed by atoms with Crippen LogP contribution in [0, 0.1) is 13.8 Å². The number of carbonyl (C=O) groups excluding carboxylic acids is 1. The third kappa shape index (κ3) is 2.84. The lowest BCUT2D eigenvalue weighted by molar-refractivity contribution is 0.102. The van der Waals surface area contributed by atoms with Gasteiger partial charge in [-0.05, 0) is 39.3 Å². The van der Waals surface area contributed by atoms with Crippen LogP contribution in [-0.4, -0.2) is 15.7 Å². The average molecular weight is 257 g/mol. The molecule has 0 radical (unpaired) electrons. The van der Waals surface area contributed by atoms with Crippen molar-refractivity contribution in [1.29, 1.82) is 0 Å². The molecule has 0 bridgehead atoms. The molecule has 0 fully saturated rings. The topological polar surface area (TPSA) is 46.9 Å². The van der Waals surface area contributed by atoms with E-state index in [1.165, 1.54) is 0 Å². The molecule has 0 atom stereocenters. The number of aryl methyl sites for hydroxylation is 2. The van der Waals surface area contributed by atoms with Gasteiger partial charge in [0.2, 0.25) is 0 Å². The van der Waals surface area contributed by atoms with Crippen LogP contribution in [-0.2, 0) is 0 Å². The first-order valence-electron chi connectivity index (χ1n) is 6.41. The summed E-state index contributed by atoms with van der Waals surface area (Å²) in [6, 6.07) is 7.83. The third-order valence-electron chi connectivity index (χ3n) is 3.03. The normalized spacial score (nSPS) is 10.8. The Morgan fingerprint density at radius 1 is 1.26 bits per heavy atom. The summed E-state index contributed by atoms with van der Waals surface area (Å²) in [5, 5.41) is 7.11. The summed E-state index contributed by atoms with van der Waals surface area (Å²) >= 11 is 0. The minimum absolute atomic E-state index is 0.0973. The number of anilines is 1. The van der Waals surface area contributed by atoms with E-state index in [1.807, 2.05) is 45.9 Å². The highest BCUT2D eigenvalue weighted by Crippen LogP contribution is 2.16. The van der Waals surface area contributed by atoms with Crippen LogP contribution in [0.2, 0.25) is 0 Å². The van der Waals surface area contributed by atoms with Crippen LogP contribution >= 0.6 is 0 Å². The van der Waals surface area contributed by atoms with E-state index >= 15 is 0 Å². The SMILES string of the molecule is Cc1ccc(C(=O)Nc2ccnn2C(C)C)c(C)c1. The summed E-state index contributed by atoms with van der Waals surface area (Å²) < 4.78 is 1.79. The lowest BCUT2D eigenvalue weighted by Gasteiger charge is -2.12. The van der Waals surface area contributed by atoms with E-state index in [0.29, 0.717) is 5.56 Å². The van der Waals surface area contributed by atoms with Gasteiger partial charge in [0.25, 0.3) is 5.91 Å². The largest absolute Gasteiger partial charge is 0.307 e. The van der Waals surface area contributed by atoms with Gasteiger partial charge in [-0.1, -0.05) is 17.7 Å². The number of rotatable bonds is 3. The van der Waals surface area contributed by atoms with Crippen LogP contribution in [0.1, 0.15) is 41.4 Å². The van der Waals surface area contributed by atoms with Crippen molar-refractivity contribution in [3.63, 3.8) is 0 Å². The van der Waals surface area contributed by atoms with Crippen LogP contribution in [0.25, 0.3) is 0 Å². The Bertz CT molecular complexity index is 599. The Balaban J connectivity index is 2.23. The van der Waals surface area contributed by atoms with Gasteiger partial charge in [-0.15, -0.1) is 0 Å². The Morgan fingerprint density at radius 3 is 2.63 bits per heavy atom. The molecule has 0 saturated heterocycles. The van der Waals surface area contributed by atoms with E-state index < -0.39 is 0 Å². The van der Waals surface area contributed by atoms with E-state index in [-0.39, 0.29) is 11.9 Å². The minimum Gasteiger partial charge on any atom is -0.307 e. The fraction of sp³-hybridized carbons (Fsp3) is 0.333. The fourth-order valence-electron chi connectivity index (χ4n) is 2.08. The highest BCUT2D eigenvalue weighted by Gasteiger charge is 2.12. The van der Waals surface area contributed by atoms with Crippen LogP contribution < -0.4 is 5.32 Å². The van der Waals surface area contributed by atoms with Crippen LogP contribution in [0.3, 0.4) is 0 Å². The monoisotopic (exact) mass is 257 g/mol. The molecule has 0 aliphatic carbocycles. The number of hydrogen-bond acceptors (Lipinski definition) is 2. The first kappa shape index (κ1) is 13.3. The fourth-order valence-corrected chi connectivity index (χ4v) is 2.08. The molecule has 0 spiro atoms. The molecule has 1 heterocycles. The minimum atomic E-state index is -0.0973. The lowest BCUT2D eigenvalue weighted by Crippen LogP contribution is -2.17. The van der Waals surface area contributed by atoms with Gasteiger partial charge in [0, 0.05) is 17.7 Å². The van der Waals surface area contributed by atoms with Crippen molar-refractivity contribution in [2.24, 2.45) is 0 Å². The summed E-state index contributed by atoms with van der Waals surface area (Å²) in [6.45, 7) is 8.02. The molecule has 1 N–H and O–H groups in total. The molecule has 4 nitrogen and oxygen atoms in total. The summed E-state index contributed by atoms with van der Waals surface area (Å²) in [5.74, 6) is 0.625. The van der Waals surface area contributed by atoms with Crippen molar-refractivity contribution >= 4 is 11.7 Å². The summed E-state index contributed by atoms with van der Waals surface area (Å²) in [6.07, 6.45) is 1.69. The maximum atomic E-state index is 12.3. The number of nitrogens with one attached hydrogen (secondary N) is 1. The Morgan fingerprint density at radius 2 is 2.00 bits per heavy atom. The van der Waals surface area contributed by atoms with E-state index in [2.05, 4.69) is 10.4 Å². The maximum Gasteiger partial charge on any atom is 0.257 e. The zero-order valence-corrected chi connectivity index (χ0v) is 11.8. The molecule has 1 aromatic heterocycles. The van der Waals surface area contributed by atoms with Gasteiger partial charge in [-0.25, -0.2) is 4.68 Å². The van der Waals surface area contributed by atoms with Gasteiger partial charge >= 0.3 is 0 Å². The first-order chi connectivity index (χ1) is 8.99. The molecule has 0 aliphatic rings. The molecular weight excluding hydrogens is 238 g/mol. The van der Waals surface area contributed by atoms with Crippen molar-refractivity contribution < 1.29 is 4.79 Å². The zero-order chi connectivity index (χ0) is 14.0. The molecule has 1 amide bonds. The molecule has 19 heavy (non-hydrogen) atoms. The summed E-state index contributed by atoms with van der Waals surface area (Å²) in [7, 11) is 0. The molecule has 2 rings (SSSR count). The van der Waals surface area contributed by atoms with Crippen molar-refractivity contribution in [2.45, 2.75) is 33.7 Å². The van der Waals surface area contributed by atoms with Crippen molar-refractivity contribution in [3.8, 4) is 0 Å². The number of amides is 1. The number of nitrogens with zero attached hydrogens (tertiary/aromatic N) is 2. The Hall–Kier alpha value is -2.10. The van der Waals surface area contributed by atoms with E-state index in [1.54, 1.807) is 16.9 Å². The average Bonchev–Trinajstić information content (AvgIpc) is 2.76. The second kappa shape index (κ2) is 5.26. The molecule has 0 unspecified atom stereocenters. The van der Waals surface area contributed by atoms with Crippen LogP contribution in [0.15, 0.2) is 30.5 Å². The molecule has 0 saturated carbocycles. The first-order valence-corrected chi connectivity index (χ1v) is 6.41. The molecule has 4 heteroatoms. The highest BCUT2D eigenvalue weighted by molar-refractivity contribution is 6.04. The molecule has 2 aromatic rings. The second-order valence-electron chi connectivity index (χ2n) is 5.03. The number of carbonyl (C=O) groups is 1. The van der Waals surface area contributed by atoms with Crippen LogP contribution in [0.5, 0.6) is 0 Å².